The van der Waals surface area contributed by atoms with Crippen LogP contribution in [0, 0.1) is 10.1 Å². The fourth-order valence-electron chi connectivity index (χ4n) is 0.994. The van der Waals surface area contributed by atoms with Crippen molar-refractivity contribution in [1.82, 2.24) is 4.98 Å². The molecule has 4 N–H and O–H groups in total. The molecule has 0 aliphatic rings. The quantitative estimate of drug-likeness (QED) is 0.422. The number of nitrogen functional groups attached to an aromatic ring is 1. The maximum Gasteiger partial charge on any atom is 0.405 e. The molecule has 0 saturated carbocycles. The van der Waals surface area contributed by atoms with Crippen molar-refractivity contribution < 1.29 is 18.1 Å². The van der Waals surface area contributed by atoms with E-state index in [0.29, 0.717) is 0 Å². The first-order valence-electron chi connectivity index (χ1n) is 4.26. The molecule has 0 bridgehead atoms. The van der Waals surface area contributed by atoms with Crippen molar-refractivity contribution in [3.05, 3.63) is 22.2 Å². The van der Waals surface area contributed by atoms with Crippen molar-refractivity contribution >= 4 is 17.3 Å². The Morgan fingerprint density at radius 3 is 2.59 bits per heavy atom. The lowest BCUT2D eigenvalue weighted by Crippen LogP contribution is -2.22. The number of halogens is 3. The van der Waals surface area contributed by atoms with Crippen molar-refractivity contribution in [2.75, 3.05) is 17.3 Å². The summed E-state index contributed by atoms with van der Waals surface area (Å²) < 4.78 is 35.9. The number of anilines is 2. The van der Waals surface area contributed by atoms with Crippen molar-refractivity contribution in [3.63, 3.8) is 0 Å². The van der Waals surface area contributed by atoms with Crippen LogP contribution in [-0.4, -0.2) is 22.6 Å². The van der Waals surface area contributed by atoms with Gasteiger partial charge in [0.15, 0.2) is 0 Å². The summed E-state index contributed by atoms with van der Waals surface area (Å²) in [5, 5.41) is 12.4. The normalized spacial score (nSPS) is 11.1. The van der Waals surface area contributed by atoms with Crippen molar-refractivity contribution in [2.45, 2.75) is 6.18 Å². The molecule has 7 nitrogen and oxygen atoms in total. The van der Waals surface area contributed by atoms with Crippen LogP contribution < -0.4 is 16.6 Å². The molecule has 1 aromatic heterocycles. The molecule has 0 aliphatic heterocycles. The number of pyridine rings is 1. The van der Waals surface area contributed by atoms with E-state index in [1.54, 1.807) is 0 Å². The number of nitrogens with one attached hydrogen (secondary N) is 2. The minimum absolute atomic E-state index is 0.0141. The molecular weight excluding hydrogens is 243 g/mol. The number of hydrogen-bond donors (Lipinski definition) is 3. The van der Waals surface area contributed by atoms with Gasteiger partial charge in [-0.25, -0.2) is 10.8 Å². The summed E-state index contributed by atoms with van der Waals surface area (Å²) in [5.74, 6) is 4.51. The average molecular weight is 251 g/mol. The maximum atomic E-state index is 12.0. The first kappa shape index (κ1) is 13.0. The molecule has 1 aromatic rings. The van der Waals surface area contributed by atoms with Crippen LogP contribution in [0.1, 0.15) is 0 Å². The Labute approximate surface area is 92.9 Å². The molecule has 0 amide bonds. The molecule has 1 rings (SSSR count). The van der Waals surface area contributed by atoms with E-state index in [-0.39, 0.29) is 5.82 Å². The third-order valence-electron chi connectivity index (χ3n) is 1.67. The van der Waals surface area contributed by atoms with Gasteiger partial charge >= 0.3 is 11.9 Å². The van der Waals surface area contributed by atoms with Gasteiger partial charge in [-0.3, -0.25) is 10.1 Å². The molecule has 0 fully saturated rings. The zero-order chi connectivity index (χ0) is 13.1. The summed E-state index contributed by atoms with van der Waals surface area (Å²) in [5.41, 5.74) is 1.51. The van der Waals surface area contributed by atoms with Crippen LogP contribution in [0.5, 0.6) is 0 Å². The monoisotopic (exact) mass is 251 g/mol. The molecule has 17 heavy (non-hydrogen) atoms. The van der Waals surface area contributed by atoms with Gasteiger partial charge < -0.3 is 10.7 Å². The van der Waals surface area contributed by atoms with Gasteiger partial charge in [-0.05, 0) is 6.07 Å². The van der Waals surface area contributed by atoms with Gasteiger partial charge in [-0.15, -0.1) is 0 Å². The fraction of sp³-hybridized carbons (Fsp3) is 0.286. The predicted octanol–water partition coefficient (Wildman–Crippen LogP) is 1.25. The van der Waals surface area contributed by atoms with E-state index < -0.39 is 29.1 Å². The van der Waals surface area contributed by atoms with Gasteiger partial charge in [-0.1, -0.05) is 0 Å². The standard InChI is InChI=1S/C7H8F3N5O2/c8-7(9,10)3-12-6-4(15(16)17)1-2-5(13-6)14-11/h1-2H,3,11H2,(H2,12,13,14). The smallest absolute Gasteiger partial charge is 0.355 e. The summed E-state index contributed by atoms with van der Waals surface area (Å²) in [4.78, 5) is 13.2. The Morgan fingerprint density at radius 1 is 1.47 bits per heavy atom. The lowest BCUT2D eigenvalue weighted by atomic mass is 10.3. The number of nitrogens with zero attached hydrogens (tertiary/aromatic N) is 2. The van der Waals surface area contributed by atoms with Crippen molar-refractivity contribution in [2.24, 2.45) is 5.84 Å². The van der Waals surface area contributed by atoms with Crippen LogP contribution in [0.4, 0.5) is 30.5 Å². The number of alkyl halides is 3. The molecule has 0 unspecified atom stereocenters. The van der Waals surface area contributed by atoms with Crippen LogP contribution >= 0.6 is 0 Å². The fourth-order valence-corrected chi connectivity index (χ4v) is 0.994. The van der Waals surface area contributed by atoms with E-state index in [0.717, 1.165) is 6.07 Å². The first-order chi connectivity index (χ1) is 7.83. The van der Waals surface area contributed by atoms with E-state index in [9.17, 15) is 23.3 Å². The Bertz CT molecular complexity index is 422. The Kier molecular flexibility index (Phi) is 3.68. The van der Waals surface area contributed by atoms with Gasteiger partial charge in [0.2, 0.25) is 5.82 Å². The van der Waals surface area contributed by atoms with Crippen LogP contribution in [-0.2, 0) is 0 Å². The van der Waals surface area contributed by atoms with Crippen molar-refractivity contribution in [3.8, 4) is 0 Å². The second-order valence-electron chi connectivity index (χ2n) is 2.93. The van der Waals surface area contributed by atoms with E-state index in [4.69, 9.17) is 5.84 Å². The zero-order valence-electron chi connectivity index (χ0n) is 8.28. The lowest BCUT2D eigenvalue weighted by molar-refractivity contribution is -0.384. The van der Waals surface area contributed by atoms with Crippen LogP contribution in [0.2, 0.25) is 0 Å². The lowest BCUT2D eigenvalue weighted by Gasteiger charge is -2.09. The molecule has 10 heteroatoms. The topological polar surface area (TPSA) is 106 Å². The summed E-state index contributed by atoms with van der Waals surface area (Å²) >= 11 is 0. The SMILES string of the molecule is NNc1ccc([N+](=O)[O-])c(NCC(F)(F)F)n1. The molecule has 0 aromatic carbocycles. The van der Waals surface area contributed by atoms with Gasteiger partial charge in [0.1, 0.15) is 12.4 Å². The van der Waals surface area contributed by atoms with Crippen LogP contribution in [0.15, 0.2) is 12.1 Å². The maximum absolute atomic E-state index is 12.0. The largest absolute Gasteiger partial charge is 0.405 e. The number of aromatic nitrogens is 1. The van der Waals surface area contributed by atoms with Crippen LogP contribution in [0.3, 0.4) is 0 Å². The summed E-state index contributed by atoms with van der Waals surface area (Å²) in [7, 11) is 0. The highest BCUT2D eigenvalue weighted by Gasteiger charge is 2.28. The van der Waals surface area contributed by atoms with E-state index in [2.05, 4.69) is 10.4 Å². The zero-order valence-corrected chi connectivity index (χ0v) is 8.28. The highest BCUT2D eigenvalue weighted by atomic mass is 19.4. The highest BCUT2D eigenvalue weighted by Crippen LogP contribution is 2.25. The number of rotatable bonds is 4. The second kappa shape index (κ2) is 4.82. The average Bonchev–Trinajstić information content (AvgIpc) is 2.24. The Balaban J connectivity index is 2.97. The third kappa shape index (κ3) is 3.75. The van der Waals surface area contributed by atoms with Crippen molar-refractivity contribution in [1.29, 1.82) is 0 Å². The van der Waals surface area contributed by atoms with E-state index >= 15 is 0 Å². The molecule has 0 saturated heterocycles. The molecule has 1 heterocycles. The summed E-state index contributed by atoms with van der Waals surface area (Å²) in [6, 6.07) is 2.18. The Hall–Kier alpha value is -2.10. The molecule has 0 radical (unpaired) electrons. The van der Waals surface area contributed by atoms with E-state index in [1.807, 2.05) is 5.32 Å². The number of nitrogens with two attached hydrogens (primary N) is 1. The third-order valence-corrected chi connectivity index (χ3v) is 1.67. The number of hydrogen-bond acceptors (Lipinski definition) is 6. The number of nitro groups is 1. The predicted molar refractivity (Wildman–Crippen MR) is 53.2 cm³/mol. The highest BCUT2D eigenvalue weighted by molar-refractivity contribution is 5.60. The second-order valence-corrected chi connectivity index (χ2v) is 2.93. The molecule has 0 spiro atoms. The number of hydrazine groups is 1. The first-order valence-corrected chi connectivity index (χ1v) is 4.26. The molecular formula is C7H8F3N5O2. The van der Waals surface area contributed by atoms with Gasteiger partial charge in [0.25, 0.3) is 0 Å². The Morgan fingerprint density at radius 2 is 2.12 bits per heavy atom. The molecule has 0 atom stereocenters. The van der Waals surface area contributed by atoms with Gasteiger partial charge in [0, 0.05) is 6.07 Å². The van der Waals surface area contributed by atoms with Crippen LogP contribution in [0.25, 0.3) is 0 Å². The molecule has 0 aliphatic carbocycles. The summed E-state index contributed by atoms with van der Waals surface area (Å²) in [6.45, 7) is -1.42. The van der Waals surface area contributed by atoms with E-state index in [1.165, 1.54) is 6.07 Å². The minimum atomic E-state index is -4.50. The summed E-state index contributed by atoms with van der Waals surface area (Å²) in [6.07, 6.45) is -4.50. The van der Waals surface area contributed by atoms with Gasteiger partial charge in [-0.2, -0.15) is 13.2 Å². The minimum Gasteiger partial charge on any atom is -0.355 e. The molecule has 94 valence electrons. The van der Waals surface area contributed by atoms with Gasteiger partial charge in [0.05, 0.1) is 4.92 Å².